The Kier molecular flexibility index (Phi) is 6.93. The highest BCUT2D eigenvalue weighted by Crippen LogP contribution is 2.31. The van der Waals surface area contributed by atoms with Gasteiger partial charge in [-0.05, 0) is 50.5 Å². The number of nitrogens with zero attached hydrogens (tertiary/aromatic N) is 3. The lowest BCUT2D eigenvalue weighted by atomic mass is 10.0. The Morgan fingerprint density at radius 2 is 2.06 bits per heavy atom. The molecule has 0 saturated heterocycles. The summed E-state index contributed by atoms with van der Waals surface area (Å²) in [6.07, 6.45) is 3.25. The molecule has 1 amide bonds. The van der Waals surface area contributed by atoms with Crippen LogP contribution in [0, 0.1) is 13.8 Å². The first-order chi connectivity index (χ1) is 16.0. The van der Waals surface area contributed by atoms with E-state index in [1.165, 1.54) is 22.2 Å². The molecule has 0 spiro atoms. The van der Waals surface area contributed by atoms with E-state index in [4.69, 9.17) is 9.47 Å². The lowest BCUT2D eigenvalue weighted by Gasteiger charge is -2.11. The maximum atomic E-state index is 12.7. The molecule has 0 atom stereocenters. The molecule has 1 aliphatic rings. The van der Waals surface area contributed by atoms with Crippen LogP contribution in [0.25, 0.3) is 10.2 Å². The molecule has 0 bridgehead atoms. The standard InChI is InChI=1S/C23H26N4O5S/c1-14-15(2)33-22-21(14)23(29)27(13-25-22)12-20(28)24-8-3-5-17(26-30)16-6-7-18-19(11-16)32-10-4-9-31-18/h6-7,11,13,30H,3-5,8-10,12H2,1-2H3,(H,24,28)/b26-17-. The van der Waals surface area contributed by atoms with Crippen molar-refractivity contribution in [3.63, 3.8) is 0 Å². The molecule has 0 fully saturated rings. The van der Waals surface area contributed by atoms with E-state index in [0.717, 1.165) is 22.4 Å². The summed E-state index contributed by atoms with van der Waals surface area (Å²) < 4.78 is 12.6. The molecule has 1 aromatic carbocycles. The van der Waals surface area contributed by atoms with E-state index in [1.807, 2.05) is 26.0 Å². The number of ether oxygens (including phenoxy) is 2. The second-order valence-electron chi connectivity index (χ2n) is 7.85. The number of thiophene rings is 1. The van der Waals surface area contributed by atoms with Crippen LogP contribution in [0.3, 0.4) is 0 Å². The van der Waals surface area contributed by atoms with Crippen molar-refractivity contribution in [3.8, 4) is 11.5 Å². The van der Waals surface area contributed by atoms with Crippen molar-refractivity contribution < 1.29 is 19.5 Å². The first-order valence-corrected chi connectivity index (χ1v) is 11.6. The zero-order valence-corrected chi connectivity index (χ0v) is 19.4. The molecule has 0 unspecified atom stereocenters. The Labute approximate surface area is 194 Å². The highest BCUT2D eigenvalue weighted by molar-refractivity contribution is 7.18. The summed E-state index contributed by atoms with van der Waals surface area (Å²) in [6, 6.07) is 5.44. The number of carbonyl (C=O) groups is 1. The molecular formula is C23H26N4O5S. The van der Waals surface area contributed by atoms with Crippen LogP contribution in [-0.4, -0.2) is 46.1 Å². The van der Waals surface area contributed by atoms with E-state index in [0.29, 0.717) is 60.0 Å². The van der Waals surface area contributed by atoms with Gasteiger partial charge in [-0.1, -0.05) is 5.16 Å². The van der Waals surface area contributed by atoms with Gasteiger partial charge in [0.2, 0.25) is 5.91 Å². The van der Waals surface area contributed by atoms with Crippen molar-refractivity contribution in [3.05, 3.63) is 50.9 Å². The minimum Gasteiger partial charge on any atom is -0.490 e. The number of hydrogen-bond donors (Lipinski definition) is 2. The van der Waals surface area contributed by atoms with Gasteiger partial charge in [0.15, 0.2) is 11.5 Å². The van der Waals surface area contributed by atoms with Gasteiger partial charge in [0, 0.05) is 23.4 Å². The SMILES string of the molecule is Cc1sc2ncn(CC(=O)NCCC/C(=N/O)c3ccc4c(c3)OCCCO4)c(=O)c2c1C. The number of rotatable bonds is 7. The summed E-state index contributed by atoms with van der Waals surface area (Å²) in [5.74, 6) is 1.03. The molecule has 2 aromatic heterocycles. The van der Waals surface area contributed by atoms with Crippen LogP contribution in [0.15, 0.2) is 34.5 Å². The summed E-state index contributed by atoms with van der Waals surface area (Å²) in [6.45, 7) is 5.31. The van der Waals surface area contributed by atoms with Crippen LogP contribution in [0.2, 0.25) is 0 Å². The van der Waals surface area contributed by atoms with Crippen molar-refractivity contribution in [2.45, 2.75) is 39.7 Å². The number of nitrogens with one attached hydrogen (secondary N) is 1. The van der Waals surface area contributed by atoms with Crippen LogP contribution in [0.1, 0.15) is 35.3 Å². The summed E-state index contributed by atoms with van der Waals surface area (Å²) in [5.41, 5.74) is 1.93. The van der Waals surface area contributed by atoms with Gasteiger partial charge in [0.05, 0.1) is 30.6 Å². The molecule has 2 N–H and O–H groups in total. The molecule has 9 nitrogen and oxygen atoms in total. The average molecular weight is 471 g/mol. The number of benzene rings is 1. The molecule has 0 saturated carbocycles. The first kappa shape index (κ1) is 22.8. The van der Waals surface area contributed by atoms with Gasteiger partial charge in [-0.2, -0.15) is 0 Å². The van der Waals surface area contributed by atoms with E-state index in [2.05, 4.69) is 15.5 Å². The van der Waals surface area contributed by atoms with Crippen LogP contribution in [0.4, 0.5) is 0 Å². The lowest BCUT2D eigenvalue weighted by molar-refractivity contribution is -0.121. The van der Waals surface area contributed by atoms with Gasteiger partial charge in [0.25, 0.3) is 5.56 Å². The molecule has 174 valence electrons. The minimum absolute atomic E-state index is 0.0980. The minimum atomic E-state index is -0.277. The second-order valence-corrected chi connectivity index (χ2v) is 9.06. The zero-order chi connectivity index (χ0) is 23.4. The molecule has 10 heteroatoms. The molecule has 3 heterocycles. The zero-order valence-electron chi connectivity index (χ0n) is 18.6. The highest BCUT2D eigenvalue weighted by atomic mass is 32.1. The Morgan fingerprint density at radius 3 is 2.85 bits per heavy atom. The van der Waals surface area contributed by atoms with E-state index in [1.54, 1.807) is 6.07 Å². The summed E-state index contributed by atoms with van der Waals surface area (Å²) >= 11 is 1.48. The monoisotopic (exact) mass is 470 g/mol. The molecule has 1 aliphatic heterocycles. The van der Waals surface area contributed by atoms with Crippen molar-refractivity contribution in [1.29, 1.82) is 0 Å². The Balaban J connectivity index is 1.31. The fourth-order valence-corrected chi connectivity index (χ4v) is 4.66. The Bertz CT molecular complexity index is 1260. The van der Waals surface area contributed by atoms with E-state index >= 15 is 0 Å². The summed E-state index contributed by atoms with van der Waals surface area (Å²) in [5, 5.41) is 16.3. The van der Waals surface area contributed by atoms with E-state index in [-0.39, 0.29) is 18.0 Å². The van der Waals surface area contributed by atoms with Gasteiger partial charge in [-0.3, -0.25) is 14.2 Å². The Morgan fingerprint density at radius 1 is 1.27 bits per heavy atom. The quantitative estimate of drug-likeness (QED) is 0.237. The highest BCUT2D eigenvalue weighted by Gasteiger charge is 2.15. The van der Waals surface area contributed by atoms with E-state index < -0.39 is 0 Å². The number of fused-ring (bicyclic) bond motifs is 2. The maximum Gasteiger partial charge on any atom is 0.262 e. The fraction of sp³-hybridized carbons (Fsp3) is 0.391. The number of oxime groups is 1. The van der Waals surface area contributed by atoms with Crippen LogP contribution in [-0.2, 0) is 11.3 Å². The average Bonchev–Trinajstić information content (AvgIpc) is 2.96. The number of hydrogen-bond acceptors (Lipinski definition) is 8. The number of aryl methyl sites for hydroxylation is 2. The lowest BCUT2D eigenvalue weighted by Crippen LogP contribution is -2.33. The number of amides is 1. The largest absolute Gasteiger partial charge is 0.490 e. The summed E-state index contributed by atoms with van der Waals surface area (Å²) in [7, 11) is 0. The molecule has 3 aromatic rings. The van der Waals surface area contributed by atoms with Crippen molar-refractivity contribution in [2.24, 2.45) is 5.16 Å². The maximum absolute atomic E-state index is 12.7. The third kappa shape index (κ3) is 5.00. The predicted octanol–water partition coefficient (Wildman–Crippen LogP) is 3.01. The van der Waals surface area contributed by atoms with Gasteiger partial charge in [0.1, 0.15) is 11.4 Å². The molecule has 0 aliphatic carbocycles. The molecule has 33 heavy (non-hydrogen) atoms. The van der Waals surface area contributed by atoms with Gasteiger partial charge >= 0.3 is 0 Å². The molecule has 4 rings (SSSR count). The molecular weight excluding hydrogens is 444 g/mol. The normalized spacial score (nSPS) is 13.7. The molecule has 0 radical (unpaired) electrons. The number of carbonyl (C=O) groups excluding carboxylic acids is 1. The third-order valence-corrected chi connectivity index (χ3v) is 6.70. The van der Waals surface area contributed by atoms with Crippen LogP contribution >= 0.6 is 11.3 Å². The first-order valence-electron chi connectivity index (χ1n) is 10.8. The smallest absolute Gasteiger partial charge is 0.262 e. The van der Waals surface area contributed by atoms with Crippen LogP contribution in [0.5, 0.6) is 11.5 Å². The van der Waals surface area contributed by atoms with E-state index in [9.17, 15) is 14.8 Å². The number of aromatic nitrogens is 2. The van der Waals surface area contributed by atoms with Gasteiger partial charge in [-0.15, -0.1) is 11.3 Å². The van der Waals surface area contributed by atoms with Gasteiger partial charge in [-0.25, -0.2) is 4.98 Å². The Hall–Kier alpha value is -3.40. The third-order valence-electron chi connectivity index (χ3n) is 5.58. The van der Waals surface area contributed by atoms with Gasteiger partial charge < -0.3 is 20.0 Å². The fourth-order valence-electron chi connectivity index (χ4n) is 3.67. The topological polar surface area (TPSA) is 115 Å². The second kappa shape index (κ2) is 10.0. The van der Waals surface area contributed by atoms with Crippen LogP contribution < -0.4 is 20.3 Å². The predicted molar refractivity (Wildman–Crippen MR) is 126 cm³/mol. The summed E-state index contributed by atoms with van der Waals surface area (Å²) in [4.78, 5) is 31.1. The van der Waals surface area contributed by atoms with Crippen molar-refractivity contribution in [2.75, 3.05) is 19.8 Å². The van der Waals surface area contributed by atoms with Crippen molar-refractivity contribution >= 4 is 33.2 Å². The van der Waals surface area contributed by atoms with Crippen molar-refractivity contribution in [1.82, 2.24) is 14.9 Å².